The van der Waals surface area contributed by atoms with Gasteiger partial charge in [0.15, 0.2) is 0 Å². The number of hydrogen-bond acceptors (Lipinski definition) is 3. The van der Waals surface area contributed by atoms with E-state index in [-0.39, 0.29) is 0 Å². The highest BCUT2D eigenvalue weighted by atomic mass is 35.5. The van der Waals surface area contributed by atoms with Crippen molar-refractivity contribution in [3.63, 3.8) is 0 Å². The number of fused-ring (bicyclic) bond motifs is 1. The monoisotopic (exact) mass is 283 g/mol. The van der Waals surface area contributed by atoms with Crippen LogP contribution in [0.5, 0.6) is 0 Å². The van der Waals surface area contributed by atoms with E-state index in [9.17, 15) is 0 Å². The van der Waals surface area contributed by atoms with Gasteiger partial charge in [0.1, 0.15) is 0 Å². The van der Waals surface area contributed by atoms with Crippen LogP contribution in [0.1, 0.15) is 16.7 Å². The first-order valence-corrected chi connectivity index (χ1v) is 6.94. The van der Waals surface area contributed by atoms with Crippen LogP contribution in [0.4, 0.5) is 11.4 Å². The fourth-order valence-corrected chi connectivity index (χ4v) is 2.72. The third-order valence-electron chi connectivity index (χ3n) is 3.50. The molecule has 0 bridgehead atoms. The molecule has 1 aliphatic rings. The standard InChI is InChI=1S/C16H14ClN3/c17-14-8-11(9-18)4-5-15(14)20-10-13-3-1-2-12-6-7-19-16(12)13/h1-5,8,19-20H,6-7,10H2. The Hall–Kier alpha value is -2.18. The van der Waals surface area contributed by atoms with Gasteiger partial charge in [0, 0.05) is 18.8 Å². The van der Waals surface area contributed by atoms with Gasteiger partial charge in [0.05, 0.1) is 22.3 Å². The van der Waals surface area contributed by atoms with E-state index in [0.717, 1.165) is 18.7 Å². The van der Waals surface area contributed by atoms with E-state index in [1.54, 1.807) is 12.1 Å². The molecule has 3 rings (SSSR count). The predicted octanol–water partition coefficient (Wildman–Crippen LogP) is 3.79. The lowest BCUT2D eigenvalue weighted by molar-refractivity contribution is 1.11. The molecular formula is C16H14ClN3. The molecular weight excluding hydrogens is 270 g/mol. The Balaban J connectivity index is 1.78. The van der Waals surface area contributed by atoms with E-state index in [2.05, 4.69) is 34.9 Å². The summed E-state index contributed by atoms with van der Waals surface area (Å²) in [5.41, 5.74) is 5.27. The quantitative estimate of drug-likeness (QED) is 0.901. The average molecular weight is 284 g/mol. The number of nitrogens with zero attached hydrogens (tertiary/aromatic N) is 1. The van der Waals surface area contributed by atoms with Gasteiger partial charge in [-0.2, -0.15) is 5.26 Å². The molecule has 0 atom stereocenters. The second-order valence-electron chi connectivity index (χ2n) is 4.79. The molecule has 2 N–H and O–H groups in total. The zero-order valence-corrected chi connectivity index (χ0v) is 11.7. The lowest BCUT2D eigenvalue weighted by atomic mass is 10.1. The van der Waals surface area contributed by atoms with Crippen molar-refractivity contribution < 1.29 is 0 Å². The minimum absolute atomic E-state index is 0.572. The van der Waals surface area contributed by atoms with Gasteiger partial charge in [-0.15, -0.1) is 0 Å². The van der Waals surface area contributed by atoms with Crippen molar-refractivity contribution in [1.82, 2.24) is 0 Å². The predicted molar refractivity (Wildman–Crippen MR) is 82.1 cm³/mol. The number of halogens is 1. The van der Waals surface area contributed by atoms with Gasteiger partial charge in [-0.25, -0.2) is 0 Å². The molecule has 0 saturated carbocycles. The lowest BCUT2D eigenvalue weighted by Crippen LogP contribution is -2.03. The summed E-state index contributed by atoms with van der Waals surface area (Å²) in [7, 11) is 0. The number of nitriles is 1. The first-order chi connectivity index (χ1) is 9.78. The van der Waals surface area contributed by atoms with Crippen molar-refractivity contribution in [2.75, 3.05) is 17.2 Å². The van der Waals surface area contributed by atoms with Crippen molar-refractivity contribution in [3.8, 4) is 6.07 Å². The summed E-state index contributed by atoms with van der Waals surface area (Å²) in [6.45, 7) is 1.71. The molecule has 4 heteroatoms. The minimum Gasteiger partial charge on any atom is -0.384 e. The molecule has 3 nitrogen and oxygen atoms in total. The molecule has 2 aromatic rings. The Morgan fingerprint density at radius 1 is 1.30 bits per heavy atom. The zero-order valence-electron chi connectivity index (χ0n) is 10.9. The Kier molecular flexibility index (Phi) is 3.49. The summed E-state index contributed by atoms with van der Waals surface area (Å²) in [5.74, 6) is 0. The molecule has 1 aliphatic heterocycles. The van der Waals surface area contributed by atoms with Crippen LogP contribution in [0.2, 0.25) is 5.02 Å². The Morgan fingerprint density at radius 2 is 2.20 bits per heavy atom. The van der Waals surface area contributed by atoms with Crippen LogP contribution in [-0.2, 0) is 13.0 Å². The second-order valence-corrected chi connectivity index (χ2v) is 5.20. The van der Waals surface area contributed by atoms with Gasteiger partial charge in [0.25, 0.3) is 0 Å². The fourth-order valence-electron chi connectivity index (χ4n) is 2.48. The van der Waals surface area contributed by atoms with Crippen molar-refractivity contribution in [2.45, 2.75) is 13.0 Å². The molecule has 0 aromatic heterocycles. The highest BCUT2D eigenvalue weighted by Gasteiger charge is 2.13. The lowest BCUT2D eigenvalue weighted by Gasteiger charge is -2.12. The maximum Gasteiger partial charge on any atom is 0.0992 e. The highest BCUT2D eigenvalue weighted by molar-refractivity contribution is 6.33. The topological polar surface area (TPSA) is 47.9 Å². The Labute approximate surface area is 123 Å². The Morgan fingerprint density at radius 3 is 3.00 bits per heavy atom. The number of anilines is 2. The third-order valence-corrected chi connectivity index (χ3v) is 3.81. The molecule has 0 radical (unpaired) electrons. The molecule has 1 heterocycles. The van der Waals surface area contributed by atoms with E-state index >= 15 is 0 Å². The molecule has 0 fully saturated rings. The third kappa shape index (κ3) is 2.43. The van der Waals surface area contributed by atoms with Gasteiger partial charge in [-0.1, -0.05) is 29.8 Å². The largest absolute Gasteiger partial charge is 0.384 e. The average Bonchev–Trinajstić information content (AvgIpc) is 2.95. The molecule has 0 spiro atoms. The molecule has 2 aromatic carbocycles. The first kappa shape index (κ1) is 12.8. The SMILES string of the molecule is N#Cc1ccc(NCc2cccc3c2NCC3)c(Cl)c1. The second kappa shape index (κ2) is 5.44. The van der Waals surface area contributed by atoms with Crippen LogP contribution < -0.4 is 10.6 Å². The van der Waals surface area contributed by atoms with Crippen LogP contribution in [0.25, 0.3) is 0 Å². The molecule has 0 amide bonds. The van der Waals surface area contributed by atoms with E-state index in [1.165, 1.54) is 16.8 Å². The molecule has 0 aliphatic carbocycles. The van der Waals surface area contributed by atoms with Crippen molar-refractivity contribution in [1.29, 1.82) is 5.26 Å². The van der Waals surface area contributed by atoms with Gasteiger partial charge < -0.3 is 10.6 Å². The summed E-state index contributed by atoms with van der Waals surface area (Å²) in [5, 5.41) is 16.2. The number of nitrogens with one attached hydrogen (secondary N) is 2. The number of hydrogen-bond donors (Lipinski definition) is 2. The number of benzene rings is 2. The van der Waals surface area contributed by atoms with Gasteiger partial charge >= 0.3 is 0 Å². The van der Waals surface area contributed by atoms with Gasteiger partial charge in [-0.05, 0) is 35.7 Å². The van der Waals surface area contributed by atoms with E-state index in [4.69, 9.17) is 16.9 Å². The minimum atomic E-state index is 0.572. The molecule has 20 heavy (non-hydrogen) atoms. The summed E-state index contributed by atoms with van der Waals surface area (Å²) in [6, 6.07) is 13.7. The summed E-state index contributed by atoms with van der Waals surface area (Å²) in [4.78, 5) is 0. The van der Waals surface area contributed by atoms with Crippen LogP contribution in [0, 0.1) is 11.3 Å². The molecule has 100 valence electrons. The smallest absolute Gasteiger partial charge is 0.0992 e. The zero-order chi connectivity index (χ0) is 13.9. The van der Waals surface area contributed by atoms with Crippen LogP contribution in [0.3, 0.4) is 0 Å². The van der Waals surface area contributed by atoms with E-state index in [1.807, 2.05) is 6.07 Å². The maximum atomic E-state index is 8.83. The Bertz CT molecular complexity index is 689. The van der Waals surface area contributed by atoms with Crippen LogP contribution in [0.15, 0.2) is 36.4 Å². The summed E-state index contributed by atoms with van der Waals surface area (Å²) >= 11 is 6.16. The van der Waals surface area contributed by atoms with Crippen molar-refractivity contribution in [3.05, 3.63) is 58.1 Å². The van der Waals surface area contributed by atoms with Gasteiger partial charge in [-0.3, -0.25) is 0 Å². The van der Waals surface area contributed by atoms with Crippen molar-refractivity contribution in [2.24, 2.45) is 0 Å². The first-order valence-electron chi connectivity index (χ1n) is 6.56. The van der Waals surface area contributed by atoms with Crippen LogP contribution in [-0.4, -0.2) is 6.54 Å². The van der Waals surface area contributed by atoms with Crippen LogP contribution >= 0.6 is 11.6 Å². The number of rotatable bonds is 3. The van der Waals surface area contributed by atoms with E-state index in [0.29, 0.717) is 17.1 Å². The highest BCUT2D eigenvalue weighted by Crippen LogP contribution is 2.28. The molecule has 0 unspecified atom stereocenters. The summed E-state index contributed by atoms with van der Waals surface area (Å²) in [6.07, 6.45) is 1.08. The van der Waals surface area contributed by atoms with E-state index < -0.39 is 0 Å². The number of para-hydroxylation sites is 1. The fraction of sp³-hybridized carbons (Fsp3) is 0.188. The van der Waals surface area contributed by atoms with Crippen molar-refractivity contribution >= 4 is 23.0 Å². The maximum absolute atomic E-state index is 8.83. The molecule has 0 saturated heterocycles. The normalized spacial score (nSPS) is 12.4. The summed E-state index contributed by atoms with van der Waals surface area (Å²) < 4.78 is 0. The van der Waals surface area contributed by atoms with Gasteiger partial charge in [0.2, 0.25) is 0 Å².